The summed E-state index contributed by atoms with van der Waals surface area (Å²) in [6.07, 6.45) is 6.63. The van der Waals surface area contributed by atoms with E-state index in [-0.39, 0.29) is 23.6 Å². The minimum atomic E-state index is 0.0210. The van der Waals surface area contributed by atoms with Crippen LogP contribution in [0.15, 0.2) is 78.9 Å². The molecule has 0 bridgehead atoms. The molecule has 0 spiro atoms. The molecule has 5 heteroatoms. The van der Waals surface area contributed by atoms with Crippen LogP contribution in [0.5, 0.6) is 11.5 Å². The molecule has 0 aromatic heterocycles. The number of fused-ring (bicyclic) bond motifs is 3. The first-order valence-electron chi connectivity index (χ1n) is 11.4. The first-order chi connectivity index (χ1) is 16.1. The van der Waals surface area contributed by atoms with Crippen LogP contribution in [-0.4, -0.2) is 18.1 Å². The second kappa shape index (κ2) is 9.02. The average Bonchev–Trinajstić information content (AvgIpc) is 3.33. The van der Waals surface area contributed by atoms with Crippen LogP contribution in [0.25, 0.3) is 0 Å². The molecule has 0 saturated heterocycles. The molecule has 1 heterocycles. The summed E-state index contributed by atoms with van der Waals surface area (Å²) in [6.45, 7) is 0. The number of hydrogen-bond acceptors (Lipinski definition) is 4. The van der Waals surface area contributed by atoms with E-state index in [0.29, 0.717) is 18.1 Å². The largest absolute Gasteiger partial charge is 0.504 e. The molecule has 2 aliphatic rings. The number of nitrogens with one attached hydrogen (secondary N) is 2. The van der Waals surface area contributed by atoms with Gasteiger partial charge in [0.25, 0.3) is 0 Å². The minimum absolute atomic E-state index is 0.0210. The van der Waals surface area contributed by atoms with E-state index in [1.807, 2.05) is 54.6 Å². The van der Waals surface area contributed by atoms with E-state index in [1.54, 1.807) is 13.2 Å². The molecule has 0 radical (unpaired) electrons. The number of carbonyl (C=O) groups excluding carboxylic acids is 1. The van der Waals surface area contributed by atoms with Gasteiger partial charge in [-0.2, -0.15) is 0 Å². The highest BCUT2D eigenvalue weighted by molar-refractivity contribution is 5.91. The van der Waals surface area contributed by atoms with Gasteiger partial charge in [0.2, 0.25) is 5.91 Å². The van der Waals surface area contributed by atoms with E-state index in [0.717, 1.165) is 35.3 Å². The molecule has 3 aromatic rings. The maximum absolute atomic E-state index is 12.5. The predicted octanol–water partition coefficient (Wildman–Crippen LogP) is 5.80. The molecule has 1 aliphatic heterocycles. The number of rotatable bonds is 6. The number of allylic oxidation sites excluding steroid dienone is 2. The topological polar surface area (TPSA) is 70.6 Å². The lowest BCUT2D eigenvalue weighted by Crippen LogP contribution is -2.29. The van der Waals surface area contributed by atoms with Crippen LogP contribution < -0.4 is 15.4 Å². The van der Waals surface area contributed by atoms with Crippen LogP contribution in [0.3, 0.4) is 0 Å². The Morgan fingerprint density at radius 3 is 2.76 bits per heavy atom. The Bertz CT molecular complexity index is 1190. The lowest BCUT2D eigenvalue weighted by atomic mass is 9.77. The van der Waals surface area contributed by atoms with Crippen molar-refractivity contribution in [2.45, 2.75) is 31.2 Å². The lowest BCUT2D eigenvalue weighted by molar-refractivity contribution is -0.116. The van der Waals surface area contributed by atoms with Gasteiger partial charge in [-0.15, -0.1) is 0 Å². The van der Waals surface area contributed by atoms with E-state index in [9.17, 15) is 9.90 Å². The van der Waals surface area contributed by atoms with Gasteiger partial charge in [0.1, 0.15) is 0 Å². The summed E-state index contributed by atoms with van der Waals surface area (Å²) in [5, 5.41) is 17.0. The number of aryl methyl sites for hydroxylation is 1. The Kier molecular flexibility index (Phi) is 5.78. The zero-order valence-corrected chi connectivity index (χ0v) is 18.6. The van der Waals surface area contributed by atoms with Gasteiger partial charge in [0.05, 0.1) is 13.2 Å². The van der Waals surface area contributed by atoms with Crippen molar-refractivity contribution < 1.29 is 14.6 Å². The summed E-state index contributed by atoms with van der Waals surface area (Å²) in [7, 11) is 1.55. The molecule has 3 aromatic carbocycles. The highest BCUT2D eigenvalue weighted by Gasteiger charge is 2.38. The fraction of sp³-hybridized carbons (Fsp3) is 0.250. The number of amides is 1. The number of anilines is 2. The number of methoxy groups -OCH3 is 1. The van der Waals surface area contributed by atoms with Gasteiger partial charge in [-0.1, -0.05) is 48.6 Å². The Morgan fingerprint density at radius 1 is 1.12 bits per heavy atom. The highest BCUT2D eigenvalue weighted by Crippen LogP contribution is 2.50. The van der Waals surface area contributed by atoms with Crippen molar-refractivity contribution in [1.29, 1.82) is 0 Å². The standard InChI is InChI=1S/C28H28N2O3/c1-33-26-14-11-19(16-25(26)31)28-22-9-5-8-21(22)23-17-20(12-13-24(23)30-28)29-27(32)15-10-18-6-3-2-4-7-18/h2-8,11-14,16-17,21-22,28,30-31H,9-10,15H2,1H3,(H,29,32). The summed E-state index contributed by atoms with van der Waals surface area (Å²) < 4.78 is 5.20. The Morgan fingerprint density at radius 2 is 1.97 bits per heavy atom. The second-order valence-corrected chi connectivity index (χ2v) is 8.74. The van der Waals surface area contributed by atoms with Crippen molar-refractivity contribution in [3.63, 3.8) is 0 Å². The molecule has 168 valence electrons. The smallest absolute Gasteiger partial charge is 0.224 e. The molecule has 3 N–H and O–H groups in total. The van der Waals surface area contributed by atoms with Gasteiger partial charge in [0.15, 0.2) is 11.5 Å². The van der Waals surface area contributed by atoms with Crippen molar-refractivity contribution in [2.24, 2.45) is 5.92 Å². The van der Waals surface area contributed by atoms with Gasteiger partial charge < -0.3 is 20.5 Å². The third-order valence-electron chi connectivity index (χ3n) is 6.69. The van der Waals surface area contributed by atoms with Crippen molar-refractivity contribution in [3.8, 4) is 11.5 Å². The van der Waals surface area contributed by atoms with Crippen molar-refractivity contribution in [1.82, 2.24) is 0 Å². The Hall–Kier alpha value is -3.73. The van der Waals surface area contributed by atoms with Crippen LogP contribution in [0, 0.1) is 5.92 Å². The van der Waals surface area contributed by atoms with Gasteiger partial charge >= 0.3 is 0 Å². The monoisotopic (exact) mass is 440 g/mol. The van der Waals surface area contributed by atoms with E-state index >= 15 is 0 Å². The molecular formula is C28H28N2O3. The minimum Gasteiger partial charge on any atom is -0.504 e. The lowest BCUT2D eigenvalue weighted by Gasteiger charge is -2.37. The molecule has 5 nitrogen and oxygen atoms in total. The van der Waals surface area contributed by atoms with Gasteiger partial charge in [-0.25, -0.2) is 0 Å². The Balaban J connectivity index is 1.33. The molecule has 0 saturated carbocycles. The van der Waals surface area contributed by atoms with Crippen molar-refractivity contribution in [2.75, 3.05) is 17.7 Å². The summed E-state index contributed by atoms with van der Waals surface area (Å²) in [5.74, 6) is 1.25. The normalized spacial score (nSPS) is 20.5. The molecule has 5 rings (SSSR count). The fourth-order valence-corrected chi connectivity index (χ4v) is 5.03. The molecule has 1 aliphatic carbocycles. The van der Waals surface area contributed by atoms with E-state index in [1.165, 1.54) is 5.56 Å². The fourth-order valence-electron chi connectivity index (χ4n) is 5.03. The van der Waals surface area contributed by atoms with Gasteiger partial charge in [0, 0.05) is 23.7 Å². The van der Waals surface area contributed by atoms with Crippen LogP contribution in [0.4, 0.5) is 11.4 Å². The molecular weight excluding hydrogens is 412 g/mol. The van der Waals surface area contributed by atoms with Crippen molar-refractivity contribution in [3.05, 3.63) is 95.6 Å². The number of carbonyl (C=O) groups is 1. The second-order valence-electron chi connectivity index (χ2n) is 8.74. The number of phenolic OH excluding ortho intramolecular Hbond substituents is 1. The zero-order chi connectivity index (χ0) is 22.8. The third-order valence-corrected chi connectivity index (χ3v) is 6.69. The maximum atomic E-state index is 12.5. The average molecular weight is 441 g/mol. The summed E-state index contributed by atoms with van der Waals surface area (Å²) in [5.41, 5.74) is 5.29. The summed E-state index contributed by atoms with van der Waals surface area (Å²) in [4.78, 5) is 12.5. The molecule has 33 heavy (non-hydrogen) atoms. The molecule has 3 atom stereocenters. The Labute approximate surface area is 194 Å². The first kappa shape index (κ1) is 21.1. The highest BCUT2D eigenvalue weighted by atomic mass is 16.5. The number of aromatic hydroxyl groups is 1. The summed E-state index contributed by atoms with van der Waals surface area (Å²) >= 11 is 0. The van der Waals surface area contributed by atoms with E-state index < -0.39 is 0 Å². The maximum Gasteiger partial charge on any atom is 0.224 e. The van der Waals surface area contributed by atoms with Gasteiger partial charge in [-0.05, 0) is 65.8 Å². The van der Waals surface area contributed by atoms with Crippen LogP contribution >= 0.6 is 0 Å². The number of phenols is 1. The predicted molar refractivity (Wildman–Crippen MR) is 131 cm³/mol. The zero-order valence-electron chi connectivity index (χ0n) is 18.6. The van der Waals surface area contributed by atoms with Crippen LogP contribution in [0.2, 0.25) is 0 Å². The number of ether oxygens (including phenoxy) is 1. The van der Waals surface area contributed by atoms with Crippen molar-refractivity contribution >= 4 is 17.3 Å². The SMILES string of the molecule is COc1ccc(C2Nc3ccc(NC(=O)CCc4ccccc4)cc3C3C=CCC32)cc1O. The number of benzene rings is 3. The third kappa shape index (κ3) is 4.31. The van der Waals surface area contributed by atoms with Crippen LogP contribution in [0.1, 0.15) is 41.5 Å². The van der Waals surface area contributed by atoms with Gasteiger partial charge in [-0.3, -0.25) is 4.79 Å². The number of hydrogen-bond donors (Lipinski definition) is 3. The quantitative estimate of drug-likeness (QED) is 0.424. The summed E-state index contributed by atoms with van der Waals surface area (Å²) in [6, 6.07) is 21.9. The van der Waals surface area contributed by atoms with E-state index in [4.69, 9.17) is 4.74 Å². The van der Waals surface area contributed by atoms with E-state index in [2.05, 4.69) is 28.9 Å². The first-order valence-corrected chi connectivity index (χ1v) is 11.4. The van der Waals surface area contributed by atoms with Crippen LogP contribution in [-0.2, 0) is 11.2 Å². The molecule has 1 amide bonds. The molecule has 0 fully saturated rings. The molecule has 3 unspecified atom stereocenters.